The predicted octanol–water partition coefficient (Wildman–Crippen LogP) is 2.76. The van der Waals surface area contributed by atoms with Gasteiger partial charge in [-0.2, -0.15) is 0 Å². The van der Waals surface area contributed by atoms with Crippen molar-refractivity contribution in [2.24, 2.45) is 0 Å². The van der Waals surface area contributed by atoms with Gasteiger partial charge in [0.1, 0.15) is 5.82 Å². The highest BCUT2D eigenvalue weighted by atomic mass is 19.1. The van der Waals surface area contributed by atoms with E-state index < -0.39 is 0 Å². The summed E-state index contributed by atoms with van der Waals surface area (Å²) in [6.45, 7) is 0.201. The minimum Gasteiger partial charge on any atom is -0.493 e. The van der Waals surface area contributed by atoms with E-state index in [2.05, 4.69) is 5.32 Å². The van der Waals surface area contributed by atoms with Crippen LogP contribution in [0.5, 0.6) is 11.5 Å². The standard InChI is InChI=1S/C21H23FN2O4/c1-27-18-9-6-15(11-19(18)28-2)21(26)23-12-20(25)24(17-7-8-17)13-14-4-3-5-16(22)10-14/h3-6,9-11,17H,7-8,12-13H2,1-2H3,(H,23,26). The van der Waals surface area contributed by atoms with Gasteiger partial charge in [0.2, 0.25) is 5.91 Å². The van der Waals surface area contributed by atoms with Crippen molar-refractivity contribution in [3.63, 3.8) is 0 Å². The number of benzene rings is 2. The third-order valence-electron chi connectivity index (χ3n) is 4.60. The van der Waals surface area contributed by atoms with Crippen molar-refractivity contribution in [3.8, 4) is 11.5 Å². The molecule has 1 aliphatic rings. The third kappa shape index (κ3) is 4.79. The first-order chi connectivity index (χ1) is 13.5. The van der Waals surface area contributed by atoms with Crippen LogP contribution in [0.15, 0.2) is 42.5 Å². The lowest BCUT2D eigenvalue weighted by Crippen LogP contribution is -2.41. The molecule has 0 radical (unpaired) electrons. The Balaban J connectivity index is 1.62. The predicted molar refractivity (Wildman–Crippen MR) is 102 cm³/mol. The molecule has 3 rings (SSSR count). The van der Waals surface area contributed by atoms with E-state index in [0.717, 1.165) is 18.4 Å². The van der Waals surface area contributed by atoms with Crippen molar-refractivity contribution >= 4 is 11.8 Å². The maximum absolute atomic E-state index is 13.4. The normalized spacial score (nSPS) is 13.0. The van der Waals surface area contributed by atoms with Gasteiger partial charge in [0.05, 0.1) is 20.8 Å². The minimum atomic E-state index is -0.379. The zero-order valence-electron chi connectivity index (χ0n) is 15.9. The van der Waals surface area contributed by atoms with Crippen LogP contribution in [0.4, 0.5) is 4.39 Å². The summed E-state index contributed by atoms with van der Waals surface area (Å²) in [4.78, 5) is 26.7. The fourth-order valence-electron chi connectivity index (χ4n) is 2.98. The Labute approximate surface area is 163 Å². The zero-order valence-corrected chi connectivity index (χ0v) is 15.9. The van der Waals surface area contributed by atoms with Gasteiger partial charge in [-0.25, -0.2) is 4.39 Å². The Kier molecular flexibility index (Phi) is 6.13. The van der Waals surface area contributed by atoms with E-state index >= 15 is 0 Å². The number of nitrogens with one attached hydrogen (secondary N) is 1. The summed E-state index contributed by atoms with van der Waals surface area (Å²) in [5, 5.41) is 2.65. The lowest BCUT2D eigenvalue weighted by atomic mass is 10.2. The van der Waals surface area contributed by atoms with Crippen LogP contribution in [-0.4, -0.2) is 43.5 Å². The van der Waals surface area contributed by atoms with Crippen LogP contribution < -0.4 is 14.8 Å². The molecule has 2 aromatic rings. The largest absolute Gasteiger partial charge is 0.493 e. The van der Waals surface area contributed by atoms with Crippen molar-refractivity contribution in [3.05, 3.63) is 59.4 Å². The van der Waals surface area contributed by atoms with E-state index in [9.17, 15) is 14.0 Å². The molecule has 2 aromatic carbocycles. The van der Waals surface area contributed by atoms with Crippen LogP contribution in [-0.2, 0) is 11.3 Å². The number of hydrogen-bond donors (Lipinski definition) is 1. The van der Waals surface area contributed by atoms with E-state index in [4.69, 9.17) is 9.47 Å². The average molecular weight is 386 g/mol. The molecule has 0 aromatic heterocycles. The molecule has 148 valence electrons. The SMILES string of the molecule is COc1ccc(C(=O)NCC(=O)N(Cc2cccc(F)c2)C2CC2)cc1OC. The van der Waals surface area contributed by atoms with Gasteiger partial charge in [0.15, 0.2) is 11.5 Å². The number of ether oxygens (including phenoxy) is 2. The second-order valence-corrected chi connectivity index (χ2v) is 6.64. The highest BCUT2D eigenvalue weighted by Crippen LogP contribution is 2.29. The van der Waals surface area contributed by atoms with Gasteiger partial charge in [-0.15, -0.1) is 0 Å². The van der Waals surface area contributed by atoms with Crippen LogP contribution in [0.25, 0.3) is 0 Å². The molecule has 2 amide bonds. The molecule has 1 N–H and O–H groups in total. The molecule has 6 nitrogen and oxygen atoms in total. The van der Waals surface area contributed by atoms with Gasteiger partial charge in [0.25, 0.3) is 5.91 Å². The first kappa shape index (κ1) is 19.7. The summed E-state index contributed by atoms with van der Waals surface area (Å²) in [7, 11) is 3.00. The Bertz CT molecular complexity index is 867. The summed E-state index contributed by atoms with van der Waals surface area (Å²) in [6, 6.07) is 11.1. The second kappa shape index (κ2) is 8.73. The summed E-state index contributed by atoms with van der Waals surface area (Å²) in [5.74, 6) is 0.0520. The van der Waals surface area contributed by atoms with Crippen LogP contribution in [0, 0.1) is 5.82 Å². The molecular formula is C21H23FN2O4. The summed E-state index contributed by atoms with van der Waals surface area (Å²) < 4.78 is 23.8. The lowest BCUT2D eigenvalue weighted by Gasteiger charge is -2.23. The average Bonchev–Trinajstić information content (AvgIpc) is 3.54. The monoisotopic (exact) mass is 386 g/mol. The van der Waals surface area contributed by atoms with Crippen LogP contribution in [0.1, 0.15) is 28.8 Å². The quantitative estimate of drug-likeness (QED) is 0.758. The van der Waals surface area contributed by atoms with E-state index in [1.165, 1.54) is 26.4 Å². The number of rotatable bonds is 8. The third-order valence-corrected chi connectivity index (χ3v) is 4.60. The molecule has 0 aliphatic heterocycles. The smallest absolute Gasteiger partial charge is 0.251 e. The Hall–Kier alpha value is -3.09. The van der Waals surface area contributed by atoms with Gasteiger partial charge >= 0.3 is 0 Å². The topological polar surface area (TPSA) is 67.9 Å². The first-order valence-electron chi connectivity index (χ1n) is 9.06. The lowest BCUT2D eigenvalue weighted by molar-refractivity contribution is -0.131. The van der Waals surface area contributed by atoms with Gasteiger partial charge in [-0.05, 0) is 48.7 Å². The van der Waals surface area contributed by atoms with Crippen LogP contribution in [0.3, 0.4) is 0 Å². The highest BCUT2D eigenvalue weighted by molar-refractivity contribution is 5.97. The van der Waals surface area contributed by atoms with Crippen LogP contribution in [0.2, 0.25) is 0 Å². The fourth-order valence-corrected chi connectivity index (χ4v) is 2.98. The number of nitrogens with zero attached hydrogens (tertiary/aromatic N) is 1. The summed E-state index contributed by atoms with van der Waals surface area (Å²) >= 11 is 0. The second-order valence-electron chi connectivity index (χ2n) is 6.64. The number of carbonyl (C=O) groups is 2. The maximum atomic E-state index is 13.4. The van der Waals surface area contributed by atoms with Gasteiger partial charge < -0.3 is 19.7 Å². The minimum absolute atomic E-state index is 0.126. The van der Waals surface area contributed by atoms with Crippen molar-refractivity contribution in [1.29, 1.82) is 0 Å². The maximum Gasteiger partial charge on any atom is 0.251 e. The van der Waals surface area contributed by atoms with Crippen molar-refractivity contribution < 1.29 is 23.5 Å². The summed E-state index contributed by atoms with van der Waals surface area (Å²) in [6.07, 6.45) is 1.84. The first-order valence-corrected chi connectivity index (χ1v) is 9.06. The van der Waals surface area contributed by atoms with Gasteiger partial charge in [0, 0.05) is 18.2 Å². The molecule has 7 heteroatoms. The van der Waals surface area contributed by atoms with Crippen LogP contribution >= 0.6 is 0 Å². The fraction of sp³-hybridized carbons (Fsp3) is 0.333. The van der Waals surface area contributed by atoms with Crippen molar-refractivity contribution in [2.45, 2.75) is 25.4 Å². The molecule has 1 aliphatic carbocycles. The van der Waals surface area contributed by atoms with Crippen molar-refractivity contribution in [1.82, 2.24) is 10.2 Å². The van der Waals surface area contributed by atoms with E-state index in [-0.39, 0.29) is 30.2 Å². The Morgan fingerprint density at radius 3 is 2.50 bits per heavy atom. The van der Waals surface area contributed by atoms with Gasteiger partial charge in [-0.1, -0.05) is 12.1 Å². The van der Waals surface area contributed by atoms with Crippen molar-refractivity contribution in [2.75, 3.05) is 20.8 Å². The molecule has 0 saturated heterocycles. The molecule has 0 atom stereocenters. The number of carbonyl (C=O) groups excluding carboxylic acids is 2. The molecule has 0 bridgehead atoms. The van der Waals surface area contributed by atoms with E-state index in [1.54, 1.807) is 35.2 Å². The summed E-state index contributed by atoms with van der Waals surface area (Å²) in [5.41, 5.74) is 1.10. The Morgan fingerprint density at radius 1 is 1.11 bits per heavy atom. The molecular weight excluding hydrogens is 363 g/mol. The molecule has 0 heterocycles. The molecule has 28 heavy (non-hydrogen) atoms. The van der Waals surface area contributed by atoms with Gasteiger partial charge in [-0.3, -0.25) is 9.59 Å². The number of amides is 2. The number of methoxy groups -OCH3 is 2. The van der Waals surface area contributed by atoms with E-state index in [0.29, 0.717) is 23.6 Å². The number of halogens is 1. The molecule has 1 saturated carbocycles. The Morgan fingerprint density at radius 2 is 1.86 bits per heavy atom. The number of hydrogen-bond acceptors (Lipinski definition) is 4. The molecule has 0 spiro atoms. The van der Waals surface area contributed by atoms with E-state index in [1.807, 2.05) is 0 Å². The molecule has 0 unspecified atom stereocenters. The zero-order chi connectivity index (χ0) is 20.1. The molecule has 1 fully saturated rings. The highest BCUT2D eigenvalue weighted by Gasteiger charge is 2.32.